The summed E-state index contributed by atoms with van der Waals surface area (Å²) in [7, 11) is -2.46. The first-order valence-corrected chi connectivity index (χ1v) is 9.77. The van der Waals surface area contributed by atoms with Gasteiger partial charge in [0.25, 0.3) is 0 Å². The van der Waals surface area contributed by atoms with Crippen LogP contribution in [0.25, 0.3) is 10.6 Å². The maximum absolute atomic E-state index is 12.4. The lowest BCUT2D eigenvalue weighted by Gasteiger charge is -2.15. The molecule has 1 N–H and O–H groups in total. The minimum atomic E-state index is -3.79. The number of hydrogen-bond acceptors (Lipinski definition) is 7. The van der Waals surface area contributed by atoms with Gasteiger partial charge in [-0.15, -0.1) is 10.2 Å². The summed E-state index contributed by atoms with van der Waals surface area (Å²) < 4.78 is 25.7. The second kappa shape index (κ2) is 7.68. The van der Waals surface area contributed by atoms with Gasteiger partial charge in [0.05, 0.1) is 6.54 Å². The number of anilines is 1. The van der Waals surface area contributed by atoms with Crippen LogP contribution in [0, 0.1) is 0 Å². The molecule has 0 aliphatic heterocycles. The zero-order valence-electron chi connectivity index (χ0n) is 13.7. The molecule has 0 bridgehead atoms. The van der Waals surface area contributed by atoms with Gasteiger partial charge in [0.2, 0.25) is 21.1 Å². The minimum Gasteiger partial charge on any atom is -0.299 e. The predicted molar refractivity (Wildman–Crippen MR) is 98.0 cm³/mol. The van der Waals surface area contributed by atoms with Crippen molar-refractivity contribution in [2.24, 2.45) is 0 Å². The molecule has 0 aliphatic rings. The molecule has 0 saturated carbocycles. The molecule has 0 atom stereocenters. The molecule has 26 heavy (non-hydrogen) atoms. The lowest BCUT2D eigenvalue weighted by molar-refractivity contribution is -0.116. The number of benzene rings is 1. The highest BCUT2D eigenvalue weighted by atomic mass is 32.2. The van der Waals surface area contributed by atoms with Gasteiger partial charge < -0.3 is 0 Å². The maximum atomic E-state index is 12.4. The smallest absolute Gasteiger partial charge is 0.244 e. The molecular formula is C16H15N5O3S2. The van der Waals surface area contributed by atoms with E-state index in [9.17, 15) is 13.2 Å². The highest BCUT2D eigenvalue weighted by Crippen LogP contribution is 2.25. The lowest BCUT2D eigenvalue weighted by Crippen LogP contribution is -2.35. The molecule has 2 aromatic heterocycles. The van der Waals surface area contributed by atoms with Crippen LogP contribution in [-0.2, 0) is 14.8 Å². The van der Waals surface area contributed by atoms with Crippen LogP contribution in [0.15, 0.2) is 59.8 Å². The number of pyridine rings is 1. The molecular weight excluding hydrogens is 374 g/mol. The number of likely N-dealkylation sites (N-methyl/N-ethyl adjacent to an activating group) is 1. The van der Waals surface area contributed by atoms with Gasteiger partial charge in [-0.2, -0.15) is 4.31 Å². The van der Waals surface area contributed by atoms with Crippen LogP contribution in [0.1, 0.15) is 0 Å². The van der Waals surface area contributed by atoms with Gasteiger partial charge in [0.1, 0.15) is 9.90 Å². The first-order chi connectivity index (χ1) is 12.5. The Bertz CT molecular complexity index is 991. The summed E-state index contributed by atoms with van der Waals surface area (Å²) in [5, 5.41) is 11.5. The zero-order valence-corrected chi connectivity index (χ0v) is 15.4. The van der Waals surface area contributed by atoms with Crippen LogP contribution >= 0.6 is 11.3 Å². The molecule has 2 heterocycles. The van der Waals surface area contributed by atoms with Crippen molar-refractivity contribution in [1.82, 2.24) is 19.5 Å². The predicted octanol–water partition coefficient (Wildman–Crippen LogP) is 1.86. The van der Waals surface area contributed by atoms with Gasteiger partial charge in [-0.05, 0) is 12.1 Å². The molecule has 0 fully saturated rings. The summed E-state index contributed by atoms with van der Waals surface area (Å²) in [5.74, 6) is -0.504. The van der Waals surface area contributed by atoms with E-state index in [0.29, 0.717) is 10.1 Å². The van der Waals surface area contributed by atoms with E-state index in [1.54, 1.807) is 0 Å². The summed E-state index contributed by atoms with van der Waals surface area (Å²) in [4.78, 5) is 16.0. The van der Waals surface area contributed by atoms with Gasteiger partial charge in [-0.25, -0.2) is 8.42 Å². The molecule has 3 rings (SSSR count). The fraction of sp³-hybridized carbons (Fsp3) is 0.125. The Kier molecular flexibility index (Phi) is 5.35. The van der Waals surface area contributed by atoms with Crippen molar-refractivity contribution in [2.75, 3.05) is 18.9 Å². The first-order valence-electron chi connectivity index (χ1n) is 7.52. The molecule has 3 aromatic rings. The number of nitrogens with zero attached hydrogens (tertiary/aromatic N) is 4. The standard InChI is InChI=1S/C16H15N5O3S2/c1-21(26(23,24)13-8-5-9-17-10-13)11-14(22)18-16-20-19-15(25-16)12-6-3-2-4-7-12/h2-10H,11H2,1H3,(H,18,20,22). The third-order valence-corrected chi connectivity index (χ3v) is 6.08. The summed E-state index contributed by atoms with van der Waals surface area (Å²) >= 11 is 1.21. The van der Waals surface area contributed by atoms with Crippen molar-refractivity contribution in [1.29, 1.82) is 0 Å². The van der Waals surface area contributed by atoms with E-state index in [-0.39, 0.29) is 11.4 Å². The molecule has 0 spiro atoms. The Morgan fingerprint density at radius 1 is 1.15 bits per heavy atom. The number of carbonyl (C=O) groups is 1. The average molecular weight is 389 g/mol. The van der Waals surface area contributed by atoms with Crippen LogP contribution < -0.4 is 5.32 Å². The highest BCUT2D eigenvalue weighted by Gasteiger charge is 2.23. The quantitative estimate of drug-likeness (QED) is 0.690. The summed E-state index contributed by atoms with van der Waals surface area (Å²) in [6.07, 6.45) is 2.71. The van der Waals surface area contributed by atoms with Crippen molar-refractivity contribution < 1.29 is 13.2 Å². The minimum absolute atomic E-state index is 0.0255. The van der Waals surface area contributed by atoms with E-state index in [2.05, 4.69) is 20.5 Å². The van der Waals surface area contributed by atoms with Crippen LogP contribution in [-0.4, -0.2) is 47.4 Å². The lowest BCUT2D eigenvalue weighted by atomic mass is 10.2. The van der Waals surface area contributed by atoms with Gasteiger partial charge in [-0.1, -0.05) is 41.7 Å². The molecule has 0 aliphatic carbocycles. The van der Waals surface area contributed by atoms with Crippen molar-refractivity contribution in [3.8, 4) is 10.6 Å². The number of carbonyl (C=O) groups excluding carboxylic acids is 1. The highest BCUT2D eigenvalue weighted by molar-refractivity contribution is 7.89. The molecule has 10 heteroatoms. The number of aromatic nitrogens is 3. The number of nitrogens with one attached hydrogen (secondary N) is 1. The van der Waals surface area contributed by atoms with Crippen molar-refractivity contribution >= 4 is 32.4 Å². The van der Waals surface area contributed by atoms with E-state index in [4.69, 9.17) is 0 Å². The second-order valence-electron chi connectivity index (χ2n) is 5.28. The van der Waals surface area contributed by atoms with Gasteiger partial charge in [-0.3, -0.25) is 15.1 Å². The Hall–Kier alpha value is -2.69. The number of hydrogen-bond donors (Lipinski definition) is 1. The van der Waals surface area contributed by atoms with Gasteiger partial charge in [0.15, 0.2) is 0 Å². The molecule has 1 aromatic carbocycles. The van der Waals surface area contributed by atoms with Crippen LogP contribution in [0.2, 0.25) is 0 Å². The molecule has 0 radical (unpaired) electrons. The Labute approximate surface area is 154 Å². The molecule has 0 unspecified atom stereocenters. The van der Waals surface area contributed by atoms with Crippen LogP contribution in [0.4, 0.5) is 5.13 Å². The van der Waals surface area contributed by atoms with Crippen molar-refractivity contribution in [3.05, 3.63) is 54.9 Å². The van der Waals surface area contributed by atoms with Gasteiger partial charge >= 0.3 is 0 Å². The number of sulfonamides is 1. The largest absolute Gasteiger partial charge is 0.299 e. The van der Waals surface area contributed by atoms with E-state index in [1.807, 2.05) is 30.3 Å². The summed E-state index contributed by atoms with van der Waals surface area (Å²) in [6.45, 7) is -0.350. The number of rotatable bonds is 6. The topological polar surface area (TPSA) is 105 Å². The second-order valence-corrected chi connectivity index (χ2v) is 8.30. The molecule has 1 amide bonds. The molecule has 8 nitrogen and oxygen atoms in total. The monoisotopic (exact) mass is 389 g/mol. The molecule has 134 valence electrons. The summed E-state index contributed by atoms with van der Waals surface area (Å²) in [5.41, 5.74) is 0.891. The van der Waals surface area contributed by atoms with E-state index < -0.39 is 15.9 Å². The van der Waals surface area contributed by atoms with E-state index in [1.165, 1.54) is 42.9 Å². The fourth-order valence-electron chi connectivity index (χ4n) is 2.10. The Morgan fingerprint density at radius 2 is 1.92 bits per heavy atom. The van der Waals surface area contributed by atoms with Crippen molar-refractivity contribution in [3.63, 3.8) is 0 Å². The first kappa shape index (κ1) is 18.1. The van der Waals surface area contributed by atoms with Crippen LogP contribution in [0.5, 0.6) is 0 Å². The third-order valence-electron chi connectivity index (χ3n) is 3.40. The Morgan fingerprint density at radius 3 is 2.62 bits per heavy atom. The molecule has 0 saturated heterocycles. The van der Waals surface area contributed by atoms with E-state index >= 15 is 0 Å². The average Bonchev–Trinajstić information content (AvgIpc) is 3.11. The maximum Gasteiger partial charge on any atom is 0.244 e. The fourth-order valence-corrected chi connectivity index (χ4v) is 3.95. The zero-order chi connectivity index (χ0) is 18.6. The van der Waals surface area contributed by atoms with Crippen LogP contribution in [0.3, 0.4) is 0 Å². The third kappa shape index (κ3) is 4.10. The summed E-state index contributed by atoms with van der Waals surface area (Å²) in [6, 6.07) is 12.4. The Balaban J connectivity index is 1.65. The number of amides is 1. The normalized spacial score (nSPS) is 11.5. The SMILES string of the molecule is CN(CC(=O)Nc1nnc(-c2ccccc2)s1)S(=O)(=O)c1cccnc1. The van der Waals surface area contributed by atoms with Crippen molar-refractivity contribution in [2.45, 2.75) is 4.90 Å². The van der Waals surface area contributed by atoms with Gasteiger partial charge in [0, 0.05) is 25.0 Å². The van der Waals surface area contributed by atoms with E-state index in [0.717, 1.165) is 9.87 Å².